The molecule has 5 heteroatoms. The van der Waals surface area contributed by atoms with Gasteiger partial charge in [0.1, 0.15) is 0 Å². The first-order valence-corrected chi connectivity index (χ1v) is 7.95. The van der Waals surface area contributed by atoms with Crippen LogP contribution in [0.1, 0.15) is 5.56 Å². The fraction of sp³-hybridized carbons (Fsp3) is 0.133. The van der Waals surface area contributed by atoms with Crippen LogP contribution in [0.4, 0.5) is 5.69 Å². The highest BCUT2D eigenvalue weighted by Crippen LogP contribution is 2.27. The Morgan fingerprint density at radius 1 is 1.10 bits per heavy atom. The van der Waals surface area contributed by atoms with Gasteiger partial charge in [0.05, 0.1) is 12.1 Å². The Balaban J connectivity index is 2.13. The van der Waals surface area contributed by atoms with Gasteiger partial charge in [0.25, 0.3) is 0 Å². The number of carbonyl (C=O) groups excluding carboxylic acids is 1. The molecular formula is C15H13Cl2NOS. The van der Waals surface area contributed by atoms with Crippen molar-refractivity contribution in [1.29, 1.82) is 0 Å². The van der Waals surface area contributed by atoms with Crippen LogP contribution in [-0.4, -0.2) is 12.2 Å². The van der Waals surface area contributed by atoms with E-state index in [1.807, 2.05) is 30.5 Å². The minimum Gasteiger partial charge on any atom is -0.325 e. The molecule has 0 atom stereocenters. The van der Waals surface area contributed by atoms with Crippen molar-refractivity contribution in [3.05, 3.63) is 58.1 Å². The molecule has 0 aliphatic carbocycles. The van der Waals surface area contributed by atoms with E-state index in [1.54, 1.807) is 30.0 Å². The van der Waals surface area contributed by atoms with E-state index in [9.17, 15) is 4.79 Å². The lowest BCUT2D eigenvalue weighted by Crippen LogP contribution is -2.15. The van der Waals surface area contributed by atoms with Gasteiger partial charge in [-0.25, -0.2) is 0 Å². The van der Waals surface area contributed by atoms with Crippen molar-refractivity contribution in [2.24, 2.45) is 0 Å². The van der Waals surface area contributed by atoms with Gasteiger partial charge in [-0.15, -0.1) is 11.8 Å². The second-order valence-corrected chi connectivity index (χ2v) is 5.79. The molecule has 1 amide bonds. The molecule has 0 aliphatic rings. The molecule has 0 unspecified atom stereocenters. The van der Waals surface area contributed by atoms with Crippen LogP contribution < -0.4 is 5.32 Å². The summed E-state index contributed by atoms with van der Waals surface area (Å²) >= 11 is 13.7. The summed E-state index contributed by atoms with van der Waals surface area (Å²) in [6.07, 6.45) is 2.12. The number of para-hydroxylation sites is 1. The Morgan fingerprint density at radius 3 is 2.40 bits per heavy atom. The van der Waals surface area contributed by atoms with Gasteiger partial charge < -0.3 is 5.32 Å². The van der Waals surface area contributed by atoms with Crippen LogP contribution in [-0.2, 0) is 11.2 Å². The number of anilines is 1. The van der Waals surface area contributed by atoms with E-state index in [0.29, 0.717) is 15.6 Å². The van der Waals surface area contributed by atoms with Crippen LogP contribution in [0.5, 0.6) is 0 Å². The predicted molar refractivity (Wildman–Crippen MR) is 87.0 cm³/mol. The molecule has 0 aromatic heterocycles. The normalized spacial score (nSPS) is 10.3. The van der Waals surface area contributed by atoms with Crippen molar-refractivity contribution in [2.75, 3.05) is 11.6 Å². The molecule has 0 aliphatic heterocycles. The van der Waals surface area contributed by atoms with Gasteiger partial charge in [0.15, 0.2) is 0 Å². The Labute approximate surface area is 132 Å². The van der Waals surface area contributed by atoms with Gasteiger partial charge in [0.2, 0.25) is 5.91 Å². The zero-order valence-electron chi connectivity index (χ0n) is 10.8. The summed E-state index contributed by atoms with van der Waals surface area (Å²) in [4.78, 5) is 13.1. The molecule has 0 heterocycles. The fourth-order valence-corrected chi connectivity index (χ4v) is 2.89. The van der Waals surface area contributed by atoms with Crippen molar-refractivity contribution in [3.8, 4) is 0 Å². The van der Waals surface area contributed by atoms with Crippen LogP contribution in [0.2, 0.25) is 10.0 Å². The van der Waals surface area contributed by atoms with E-state index < -0.39 is 0 Å². The van der Waals surface area contributed by atoms with Crippen molar-refractivity contribution < 1.29 is 4.79 Å². The van der Waals surface area contributed by atoms with Crippen molar-refractivity contribution in [1.82, 2.24) is 0 Å². The van der Waals surface area contributed by atoms with Crippen molar-refractivity contribution in [2.45, 2.75) is 11.3 Å². The molecule has 0 fully saturated rings. The Kier molecular flexibility index (Phi) is 5.35. The van der Waals surface area contributed by atoms with E-state index in [0.717, 1.165) is 10.6 Å². The van der Waals surface area contributed by atoms with Gasteiger partial charge in [-0.05, 0) is 36.1 Å². The first kappa shape index (κ1) is 15.2. The molecule has 104 valence electrons. The SMILES string of the molecule is CSc1ccccc1NC(=O)Cc1c(Cl)cccc1Cl. The highest BCUT2D eigenvalue weighted by Gasteiger charge is 2.12. The third kappa shape index (κ3) is 3.69. The van der Waals surface area contributed by atoms with Crippen LogP contribution in [0.25, 0.3) is 0 Å². The summed E-state index contributed by atoms with van der Waals surface area (Å²) in [5.41, 5.74) is 1.45. The van der Waals surface area contributed by atoms with E-state index in [1.165, 1.54) is 0 Å². The summed E-state index contributed by atoms with van der Waals surface area (Å²) in [6.45, 7) is 0. The van der Waals surface area contributed by atoms with E-state index in [-0.39, 0.29) is 12.3 Å². The first-order chi connectivity index (χ1) is 9.61. The lowest BCUT2D eigenvalue weighted by Gasteiger charge is -2.10. The summed E-state index contributed by atoms with van der Waals surface area (Å²) < 4.78 is 0. The number of rotatable bonds is 4. The standard InChI is InChI=1S/C15H13Cl2NOS/c1-20-14-8-3-2-7-13(14)18-15(19)9-10-11(16)5-4-6-12(10)17/h2-8H,9H2,1H3,(H,18,19). The van der Waals surface area contributed by atoms with Gasteiger partial charge in [-0.3, -0.25) is 4.79 Å². The van der Waals surface area contributed by atoms with Crippen LogP contribution >= 0.6 is 35.0 Å². The second kappa shape index (κ2) is 7.02. The first-order valence-electron chi connectivity index (χ1n) is 5.97. The molecule has 0 radical (unpaired) electrons. The molecule has 0 saturated heterocycles. The fourth-order valence-electron chi connectivity index (χ4n) is 1.80. The van der Waals surface area contributed by atoms with E-state index in [4.69, 9.17) is 23.2 Å². The zero-order chi connectivity index (χ0) is 14.5. The number of nitrogens with one attached hydrogen (secondary N) is 1. The molecule has 1 N–H and O–H groups in total. The number of hydrogen-bond acceptors (Lipinski definition) is 2. The number of hydrogen-bond donors (Lipinski definition) is 1. The average molecular weight is 326 g/mol. The zero-order valence-corrected chi connectivity index (χ0v) is 13.1. The molecule has 2 rings (SSSR count). The number of halogens is 2. The molecule has 0 bridgehead atoms. The minimum atomic E-state index is -0.137. The molecule has 2 aromatic rings. The highest BCUT2D eigenvalue weighted by atomic mass is 35.5. The van der Waals surface area contributed by atoms with Crippen LogP contribution in [0.3, 0.4) is 0 Å². The molecule has 2 aromatic carbocycles. The van der Waals surface area contributed by atoms with Crippen LogP contribution in [0.15, 0.2) is 47.4 Å². The average Bonchev–Trinajstić information content (AvgIpc) is 2.44. The maximum Gasteiger partial charge on any atom is 0.228 e. The Hall–Kier alpha value is -1.16. The van der Waals surface area contributed by atoms with Crippen molar-refractivity contribution >= 4 is 46.6 Å². The van der Waals surface area contributed by atoms with E-state index in [2.05, 4.69) is 5.32 Å². The lowest BCUT2D eigenvalue weighted by molar-refractivity contribution is -0.115. The van der Waals surface area contributed by atoms with Crippen molar-refractivity contribution in [3.63, 3.8) is 0 Å². The minimum absolute atomic E-state index is 0.137. The third-order valence-corrected chi connectivity index (χ3v) is 4.28. The number of carbonyl (C=O) groups is 1. The summed E-state index contributed by atoms with van der Waals surface area (Å²) in [5, 5.41) is 3.90. The quantitative estimate of drug-likeness (QED) is 0.810. The molecule has 2 nitrogen and oxygen atoms in total. The number of amides is 1. The topological polar surface area (TPSA) is 29.1 Å². The maximum atomic E-state index is 12.1. The third-order valence-electron chi connectivity index (χ3n) is 2.78. The Morgan fingerprint density at radius 2 is 1.75 bits per heavy atom. The predicted octanol–water partition coefficient (Wildman–Crippen LogP) is 4.90. The largest absolute Gasteiger partial charge is 0.325 e. The maximum absolute atomic E-state index is 12.1. The Bertz CT molecular complexity index is 611. The lowest BCUT2D eigenvalue weighted by atomic mass is 10.1. The van der Waals surface area contributed by atoms with Gasteiger partial charge in [-0.2, -0.15) is 0 Å². The molecule has 20 heavy (non-hydrogen) atoms. The van der Waals surface area contributed by atoms with E-state index >= 15 is 0 Å². The monoisotopic (exact) mass is 325 g/mol. The van der Waals surface area contributed by atoms with Gasteiger partial charge in [0, 0.05) is 14.9 Å². The molecule has 0 spiro atoms. The van der Waals surface area contributed by atoms with Crippen LogP contribution in [0, 0.1) is 0 Å². The van der Waals surface area contributed by atoms with Gasteiger partial charge >= 0.3 is 0 Å². The number of benzene rings is 2. The summed E-state index contributed by atoms with van der Waals surface area (Å²) in [5.74, 6) is -0.137. The molecular weight excluding hydrogens is 313 g/mol. The molecule has 0 saturated carbocycles. The second-order valence-electron chi connectivity index (χ2n) is 4.13. The highest BCUT2D eigenvalue weighted by molar-refractivity contribution is 7.98. The summed E-state index contributed by atoms with van der Waals surface area (Å²) in [7, 11) is 0. The van der Waals surface area contributed by atoms with Gasteiger partial charge in [-0.1, -0.05) is 41.4 Å². The smallest absolute Gasteiger partial charge is 0.228 e. The summed E-state index contributed by atoms with van der Waals surface area (Å²) in [6, 6.07) is 12.9. The number of thioether (sulfide) groups is 1.